The molecule has 0 atom stereocenters. The van der Waals surface area contributed by atoms with E-state index in [1.165, 1.54) is 23.5 Å². The first-order valence-electron chi connectivity index (χ1n) is 5.30. The fourth-order valence-corrected chi connectivity index (χ4v) is 2.05. The fourth-order valence-electron chi connectivity index (χ4n) is 1.48. The molecule has 0 aliphatic heterocycles. The van der Waals surface area contributed by atoms with Crippen molar-refractivity contribution in [3.8, 4) is 0 Å². The van der Waals surface area contributed by atoms with Gasteiger partial charge in [-0.25, -0.2) is 9.37 Å². The van der Waals surface area contributed by atoms with Crippen LogP contribution in [0, 0.1) is 12.7 Å². The van der Waals surface area contributed by atoms with Gasteiger partial charge in [-0.05, 0) is 24.6 Å². The molecule has 0 spiro atoms. The number of nitrogens with zero attached hydrogens (tertiary/aromatic N) is 1. The van der Waals surface area contributed by atoms with Gasteiger partial charge in [0.25, 0.3) is 0 Å². The summed E-state index contributed by atoms with van der Waals surface area (Å²) in [6, 6.07) is 4.65. The molecule has 0 aliphatic rings. The zero-order valence-electron chi connectivity index (χ0n) is 9.74. The van der Waals surface area contributed by atoms with Crippen molar-refractivity contribution in [3.63, 3.8) is 0 Å². The smallest absolute Gasteiger partial charge is 0.230 e. The maximum absolute atomic E-state index is 13.5. The number of aromatic nitrogens is 1. The minimum Gasteiger partial charge on any atom is -0.375 e. The number of anilines is 2. The van der Waals surface area contributed by atoms with Gasteiger partial charge in [-0.1, -0.05) is 6.07 Å². The Morgan fingerprint density at radius 2 is 2.33 bits per heavy atom. The summed E-state index contributed by atoms with van der Waals surface area (Å²) < 4.78 is 13.5. The second kappa shape index (κ2) is 5.14. The average molecular weight is 265 g/mol. The molecular weight excluding hydrogens is 253 g/mol. The van der Waals surface area contributed by atoms with Crippen molar-refractivity contribution in [3.05, 3.63) is 40.7 Å². The third-order valence-electron chi connectivity index (χ3n) is 2.31. The SMILES string of the molecule is Cc1ccc(NC(=O)Cc2csc(N)n2)c(F)c1. The van der Waals surface area contributed by atoms with Gasteiger partial charge in [0.05, 0.1) is 17.8 Å². The summed E-state index contributed by atoms with van der Waals surface area (Å²) in [5.74, 6) is -0.760. The van der Waals surface area contributed by atoms with Gasteiger partial charge in [0.2, 0.25) is 5.91 Å². The molecule has 2 rings (SSSR count). The van der Waals surface area contributed by atoms with E-state index in [0.717, 1.165) is 5.56 Å². The third kappa shape index (κ3) is 3.04. The molecule has 18 heavy (non-hydrogen) atoms. The fraction of sp³-hybridized carbons (Fsp3) is 0.167. The molecular formula is C12H12FN3OS. The Bertz CT molecular complexity index is 582. The first kappa shape index (κ1) is 12.5. The second-order valence-electron chi connectivity index (χ2n) is 3.89. The minimum atomic E-state index is -0.443. The number of hydrogen-bond donors (Lipinski definition) is 2. The molecule has 0 aliphatic carbocycles. The van der Waals surface area contributed by atoms with Crippen LogP contribution < -0.4 is 11.1 Å². The first-order valence-corrected chi connectivity index (χ1v) is 6.18. The van der Waals surface area contributed by atoms with Gasteiger partial charge >= 0.3 is 0 Å². The van der Waals surface area contributed by atoms with Crippen molar-refractivity contribution >= 4 is 28.1 Å². The van der Waals surface area contributed by atoms with Gasteiger partial charge < -0.3 is 11.1 Å². The van der Waals surface area contributed by atoms with E-state index in [4.69, 9.17) is 5.73 Å². The molecule has 6 heteroatoms. The normalized spacial score (nSPS) is 10.3. The van der Waals surface area contributed by atoms with Crippen LogP contribution in [-0.2, 0) is 11.2 Å². The Labute approximate surface area is 108 Å². The topological polar surface area (TPSA) is 68.0 Å². The summed E-state index contributed by atoms with van der Waals surface area (Å²) in [5, 5.41) is 4.63. The lowest BCUT2D eigenvalue weighted by Crippen LogP contribution is -2.15. The molecule has 2 aromatic rings. The zero-order valence-corrected chi connectivity index (χ0v) is 10.6. The Morgan fingerprint density at radius 3 is 2.94 bits per heavy atom. The van der Waals surface area contributed by atoms with Crippen molar-refractivity contribution in [2.75, 3.05) is 11.1 Å². The lowest BCUT2D eigenvalue weighted by Gasteiger charge is -2.06. The number of hydrogen-bond acceptors (Lipinski definition) is 4. The Balaban J connectivity index is 2.03. The molecule has 0 bridgehead atoms. The maximum Gasteiger partial charge on any atom is 0.230 e. The van der Waals surface area contributed by atoms with E-state index in [2.05, 4.69) is 10.3 Å². The molecule has 0 unspecified atom stereocenters. The first-order chi connectivity index (χ1) is 8.54. The number of benzene rings is 1. The van der Waals surface area contributed by atoms with Crippen LogP contribution in [0.2, 0.25) is 0 Å². The summed E-state index contributed by atoms with van der Waals surface area (Å²) >= 11 is 1.27. The summed E-state index contributed by atoms with van der Waals surface area (Å²) in [6.07, 6.45) is 0.0843. The molecule has 0 saturated carbocycles. The highest BCUT2D eigenvalue weighted by Crippen LogP contribution is 2.16. The van der Waals surface area contributed by atoms with Gasteiger partial charge in [-0.3, -0.25) is 4.79 Å². The number of carbonyl (C=O) groups is 1. The van der Waals surface area contributed by atoms with Gasteiger partial charge in [0.1, 0.15) is 5.82 Å². The number of nitrogen functional groups attached to an aromatic ring is 1. The van der Waals surface area contributed by atoms with Crippen molar-refractivity contribution in [2.45, 2.75) is 13.3 Å². The number of aryl methyl sites for hydroxylation is 1. The lowest BCUT2D eigenvalue weighted by molar-refractivity contribution is -0.115. The highest BCUT2D eigenvalue weighted by molar-refractivity contribution is 7.13. The number of amides is 1. The van der Waals surface area contributed by atoms with Crippen molar-refractivity contribution in [1.29, 1.82) is 0 Å². The quantitative estimate of drug-likeness (QED) is 0.895. The van der Waals surface area contributed by atoms with E-state index in [-0.39, 0.29) is 18.0 Å². The van der Waals surface area contributed by atoms with Crippen molar-refractivity contribution < 1.29 is 9.18 Å². The molecule has 0 radical (unpaired) electrons. The molecule has 1 aromatic carbocycles. The van der Waals surface area contributed by atoms with E-state index in [1.54, 1.807) is 18.4 Å². The van der Waals surface area contributed by atoms with Crippen molar-refractivity contribution in [1.82, 2.24) is 4.98 Å². The standard InChI is InChI=1S/C12H12FN3OS/c1-7-2-3-10(9(13)4-7)16-11(17)5-8-6-18-12(14)15-8/h2-4,6H,5H2,1H3,(H2,14,15)(H,16,17). The molecule has 3 N–H and O–H groups in total. The predicted molar refractivity (Wildman–Crippen MR) is 70.0 cm³/mol. The molecule has 4 nitrogen and oxygen atoms in total. The van der Waals surface area contributed by atoms with Gasteiger partial charge in [0, 0.05) is 5.38 Å². The van der Waals surface area contributed by atoms with Crippen LogP contribution in [0.1, 0.15) is 11.3 Å². The Hall–Kier alpha value is -1.95. The number of rotatable bonds is 3. The number of halogens is 1. The van der Waals surface area contributed by atoms with Crippen LogP contribution >= 0.6 is 11.3 Å². The predicted octanol–water partition coefficient (Wildman–Crippen LogP) is 2.35. The monoisotopic (exact) mass is 265 g/mol. The van der Waals surface area contributed by atoms with Crippen LogP contribution in [0.25, 0.3) is 0 Å². The van der Waals surface area contributed by atoms with E-state index >= 15 is 0 Å². The molecule has 1 amide bonds. The van der Waals surface area contributed by atoms with E-state index in [9.17, 15) is 9.18 Å². The van der Waals surface area contributed by atoms with Gasteiger partial charge in [-0.2, -0.15) is 0 Å². The molecule has 1 heterocycles. The maximum atomic E-state index is 13.5. The summed E-state index contributed by atoms with van der Waals surface area (Å²) in [4.78, 5) is 15.6. The number of thiazole rings is 1. The average Bonchev–Trinajstić information content (AvgIpc) is 2.68. The van der Waals surface area contributed by atoms with Crippen LogP contribution in [0.5, 0.6) is 0 Å². The summed E-state index contributed by atoms with van der Waals surface area (Å²) in [5.41, 5.74) is 7.03. The molecule has 1 aromatic heterocycles. The zero-order chi connectivity index (χ0) is 13.1. The minimum absolute atomic E-state index is 0.0843. The summed E-state index contributed by atoms with van der Waals surface area (Å²) in [7, 11) is 0. The van der Waals surface area contributed by atoms with Crippen LogP contribution in [0.15, 0.2) is 23.6 Å². The Kier molecular flexibility index (Phi) is 3.57. The summed E-state index contributed by atoms with van der Waals surface area (Å²) in [6.45, 7) is 1.78. The number of carbonyl (C=O) groups excluding carboxylic acids is 1. The van der Waals surface area contributed by atoms with Crippen LogP contribution in [0.3, 0.4) is 0 Å². The van der Waals surface area contributed by atoms with E-state index in [1.807, 2.05) is 0 Å². The van der Waals surface area contributed by atoms with Crippen LogP contribution in [0.4, 0.5) is 15.2 Å². The highest BCUT2D eigenvalue weighted by atomic mass is 32.1. The Morgan fingerprint density at radius 1 is 1.56 bits per heavy atom. The lowest BCUT2D eigenvalue weighted by atomic mass is 10.2. The number of nitrogens with two attached hydrogens (primary N) is 1. The van der Waals surface area contributed by atoms with Crippen LogP contribution in [-0.4, -0.2) is 10.9 Å². The van der Waals surface area contributed by atoms with Gasteiger partial charge in [0.15, 0.2) is 5.13 Å². The van der Waals surface area contributed by atoms with Gasteiger partial charge in [-0.15, -0.1) is 11.3 Å². The molecule has 0 saturated heterocycles. The van der Waals surface area contributed by atoms with E-state index in [0.29, 0.717) is 10.8 Å². The largest absolute Gasteiger partial charge is 0.375 e. The van der Waals surface area contributed by atoms with E-state index < -0.39 is 5.82 Å². The number of nitrogens with one attached hydrogen (secondary N) is 1. The van der Waals surface area contributed by atoms with Crippen molar-refractivity contribution in [2.24, 2.45) is 0 Å². The second-order valence-corrected chi connectivity index (χ2v) is 4.78. The molecule has 94 valence electrons. The highest BCUT2D eigenvalue weighted by Gasteiger charge is 2.09. The molecule has 0 fully saturated rings. The third-order valence-corrected chi connectivity index (χ3v) is 3.03.